The third-order valence-electron chi connectivity index (χ3n) is 6.04. The molecule has 0 bridgehead atoms. The van der Waals surface area contributed by atoms with Crippen molar-refractivity contribution in [1.29, 1.82) is 0 Å². The Morgan fingerprint density at radius 3 is 2.35 bits per heavy atom. The highest BCUT2D eigenvalue weighted by Gasteiger charge is 2.25. The molecule has 0 radical (unpaired) electrons. The molecule has 2 aromatic rings. The molecule has 0 aliphatic carbocycles. The maximum absolute atomic E-state index is 14.4. The fraction of sp³-hybridized carbons (Fsp3) is 0.435. The van der Waals surface area contributed by atoms with Crippen LogP contribution in [0.1, 0.15) is 40.6 Å². The third kappa shape index (κ3) is 4.79. The van der Waals surface area contributed by atoms with Crippen LogP contribution in [0.5, 0.6) is 0 Å². The second kappa shape index (κ2) is 9.18. The van der Waals surface area contributed by atoms with E-state index in [9.17, 15) is 18.8 Å². The number of Topliss-reactive ketones (excluding diaryl/α,β-unsaturated/α-hetero) is 1. The van der Waals surface area contributed by atoms with Gasteiger partial charge in [-0.05, 0) is 48.6 Å². The number of halogens is 1. The molecule has 0 saturated carbocycles. The number of nitrogens with zero attached hydrogens (tertiary/aromatic N) is 3. The summed E-state index contributed by atoms with van der Waals surface area (Å²) < 4.78 is 14.4. The number of benzene rings is 1. The Morgan fingerprint density at radius 1 is 0.968 bits per heavy atom. The van der Waals surface area contributed by atoms with Crippen LogP contribution in [0.4, 0.5) is 10.1 Å². The van der Waals surface area contributed by atoms with E-state index in [0.29, 0.717) is 50.5 Å². The van der Waals surface area contributed by atoms with Gasteiger partial charge in [0.15, 0.2) is 5.78 Å². The summed E-state index contributed by atoms with van der Waals surface area (Å²) in [6.07, 6.45) is 1.31. The average Bonchev–Trinajstić information content (AvgIpc) is 3.25. The monoisotopic (exact) mass is 443 g/mol. The molecule has 0 N–H and O–H groups in total. The van der Waals surface area contributed by atoms with Crippen LogP contribution in [-0.2, 0) is 22.6 Å². The van der Waals surface area contributed by atoms with Crippen molar-refractivity contribution in [3.05, 3.63) is 51.5 Å². The van der Waals surface area contributed by atoms with Gasteiger partial charge in [0.1, 0.15) is 5.82 Å². The lowest BCUT2D eigenvalue weighted by atomic mass is 10.1. The van der Waals surface area contributed by atoms with E-state index in [0.717, 1.165) is 6.42 Å². The Labute approximate surface area is 185 Å². The fourth-order valence-electron chi connectivity index (χ4n) is 4.17. The second-order valence-electron chi connectivity index (χ2n) is 8.02. The Balaban J connectivity index is 1.25. The van der Waals surface area contributed by atoms with Crippen molar-refractivity contribution in [3.63, 3.8) is 0 Å². The first kappa shape index (κ1) is 21.5. The van der Waals surface area contributed by atoms with Crippen LogP contribution in [0.15, 0.2) is 29.6 Å². The van der Waals surface area contributed by atoms with Crippen LogP contribution in [0, 0.1) is 5.82 Å². The summed E-state index contributed by atoms with van der Waals surface area (Å²) in [5.74, 6) is -0.603. The zero-order chi connectivity index (χ0) is 22.0. The molecular formula is C23H26FN3O3S. The summed E-state index contributed by atoms with van der Waals surface area (Å²) in [7, 11) is 0. The molecule has 2 aliphatic heterocycles. The second-order valence-corrected chi connectivity index (χ2v) is 9.03. The molecule has 0 atom stereocenters. The van der Waals surface area contributed by atoms with Crippen LogP contribution in [0.2, 0.25) is 0 Å². The van der Waals surface area contributed by atoms with Gasteiger partial charge in [-0.3, -0.25) is 14.4 Å². The molecule has 4 rings (SSSR count). The molecule has 2 amide bonds. The van der Waals surface area contributed by atoms with E-state index in [1.54, 1.807) is 28.4 Å². The summed E-state index contributed by atoms with van der Waals surface area (Å²) in [6.45, 7) is 4.78. The first-order valence-corrected chi connectivity index (χ1v) is 11.5. The molecule has 3 heterocycles. The van der Waals surface area contributed by atoms with Crippen molar-refractivity contribution < 1.29 is 18.8 Å². The Hall–Kier alpha value is -2.74. The minimum absolute atomic E-state index is 0.0245. The van der Waals surface area contributed by atoms with Crippen LogP contribution >= 0.6 is 11.3 Å². The predicted octanol–water partition coefficient (Wildman–Crippen LogP) is 3.10. The van der Waals surface area contributed by atoms with Gasteiger partial charge in [-0.1, -0.05) is 0 Å². The molecular weight excluding hydrogens is 417 g/mol. The highest BCUT2D eigenvalue weighted by Crippen LogP contribution is 2.25. The minimum atomic E-state index is -0.423. The lowest BCUT2D eigenvalue weighted by Gasteiger charge is -2.36. The SMILES string of the molecule is CC(=O)c1ccc(N2CCN(C(=O)CCC(=O)N3CCc4sccc4C3)CC2)c(F)c1. The van der Waals surface area contributed by atoms with Gasteiger partial charge in [-0.15, -0.1) is 11.3 Å². The van der Waals surface area contributed by atoms with Crippen LogP contribution in [-0.4, -0.2) is 60.1 Å². The number of ketones is 1. The first-order chi connectivity index (χ1) is 14.9. The van der Waals surface area contributed by atoms with Gasteiger partial charge in [0.25, 0.3) is 0 Å². The number of carbonyl (C=O) groups is 3. The topological polar surface area (TPSA) is 60.9 Å². The van der Waals surface area contributed by atoms with Gasteiger partial charge >= 0.3 is 0 Å². The molecule has 6 nitrogen and oxygen atoms in total. The molecule has 2 aliphatic rings. The van der Waals surface area contributed by atoms with Crippen LogP contribution in [0.3, 0.4) is 0 Å². The average molecular weight is 444 g/mol. The van der Waals surface area contributed by atoms with Crippen molar-refractivity contribution in [2.75, 3.05) is 37.6 Å². The molecule has 31 heavy (non-hydrogen) atoms. The van der Waals surface area contributed by atoms with Crippen molar-refractivity contribution in [1.82, 2.24) is 9.80 Å². The van der Waals surface area contributed by atoms with Crippen LogP contribution in [0.25, 0.3) is 0 Å². The van der Waals surface area contributed by atoms with E-state index in [1.165, 1.54) is 23.4 Å². The lowest BCUT2D eigenvalue weighted by Crippen LogP contribution is -2.49. The van der Waals surface area contributed by atoms with Crippen molar-refractivity contribution in [2.24, 2.45) is 0 Å². The molecule has 1 aromatic carbocycles. The minimum Gasteiger partial charge on any atom is -0.366 e. The van der Waals surface area contributed by atoms with Crippen molar-refractivity contribution >= 4 is 34.6 Å². The molecule has 1 aromatic heterocycles. The molecule has 1 fully saturated rings. The number of anilines is 1. The third-order valence-corrected chi connectivity index (χ3v) is 7.06. The van der Waals surface area contributed by atoms with Crippen molar-refractivity contribution in [3.8, 4) is 0 Å². The maximum Gasteiger partial charge on any atom is 0.223 e. The molecule has 0 spiro atoms. The standard InChI is InChI=1S/C23H26FN3O3S/c1-16(28)17-2-3-20(19(24)14-17)25-9-11-26(12-10-25)22(29)4-5-23(30)27-8-6-21-18(15-27)7-13-31-21/h2-3,7,13-14H,4-6,8-12,15H2,1H3. The van der Waals surface area contributed by atoms with Gasteiger partial charge in [0.05, 0.1) is 5.69 Å². The Morgan fingerprint density at radius 2 is 1.68 bits per heavy atom. The quantitative estimate of drug-likeness (QED) is 0.667. The fourth-order valence-corrected chi connectivity index (χ4v) is 5.06. The Kier molecular flexibility index (Phi) is 6.36. The number of rotatable bonds is 5. The number of piperazine rings is 1. The Bertz CT molecular complexity index is 998. The number of thiophene rings is 1. The van der Waals surface area contributed by atoms with E-state index in [2.05, 4.69) is 11.4 Å². The van der Waals surface area contributed by atoms with E-state index in [4.69, 9.17) is 0 Å². The summed E-state index contributed by atoms with van der Waals surface area (Å²) in [4.78, 5) is 43.4. The lowest BCUT2D eigenvalue weighted by molar-refractivity contribution is -0.137. The van der Waals surface area contributed by atoms with E-state index >= 15 is 0 Å². The molecule has 1 saturated heterocycles. The highest BCUT2D eigenvalue weighted by molar-refractivity contribution is 7.10. The maximum atomic E-state index is 14.4. The molecule has 164 valence electrons. The summed E-state index contributed by atoms with van der Waals surface area (Å²) >= 11 is 1.74. The normalized spacial score (nSPS) is 16.3. The van der Waals surface area contributed by atoms with Crippen LogP contribution < -0.4 is 4.90 Å². The number of hydrogen-bond donors (Lipinski definition) is 0. The summed E-state index contributed by atoms with van der Waals surface area (Å²) in [5.41, 5.74) is 2.02. The van der Waals surface area contributed by atoms with Gasteiger partial charge in [0, 0.05) is 62.6 Å². The van der Waals surface area contributed by atoms with Gasteiger partial charge in [0.2, 0.25) is 11.8 Å². The first-order valence-electron chi connectivity index (χ1n) is 10.6. The summed E-state index contributed by atoms with van der Waals surface area (Å²) in [6, 6.07) is 6.59. The smallest absolute Gasteiger partial charge is 0.223 e. The zero-order valence-corrected chi connectivity index (χ0v) is 18.4. The van der Waals surface area contributed by atoms with Crippen molar-refractivity contribution in [2.45, 2.75) is 32.7 Å². The van der Waals surface area contributed by atoms with Gasteiger partial charge < -0.3 is 14.7 Å². The highest BCUT2D eigenvalue weighted by atomic mass is 32.1. The predicted molar refractivity (Wildman–Crippen MR) is 118 cm³/mol. The molecule has 0 unspecified atom stereocenters. The van der Waals surface area contributed by atoms with Gasteiger partial charge in [-0.2, -0.15) is 0 Å². The summed E-state index contributed by atoms with van der Waals surface area (Å²) in [5, 5.41) is 2.06. The van der Waals surface area contributed by atoms with E-state index in [1.807, 2.05) is 9.80 Å². The number of carbonyl (C=O) groups excluding carboxylic acids is 3. The van der Waals surface area contributed by atoms with Gasteiger partial charge in [-0.25, -0.2) is 4.39 Å². The zero-order valence-electron chi connectivity index (χ0n) is 17.6. The largest absolute Gasteiger partial charge is 0.366 e. The van der Waals surface area contributed by atoms with E-state index < -0.39 is 5.82 Å². The number of fused-ring (bicyclic) bond motifs is 1. The number of amides is 2. The number of hydrogen-bond acceptors (Lipinski definition) is 5. The molecule has 8 heteroatoms. The van der Waals surface area contributed by atoms with E-state index in [-0.39, 0.29) is 30.4 Å².